The van der Waals surface area contributed by atoms with Crippen LogP contribution in [0.5, 0.6) is 0 Å². The van der Waals surface area contributed by atoms with Gasteiger partial charge in [-0.05, 0) is 18.6 Å². The van der Waals surface area contributed by atoms with Crippen molar-refractivity contribution in [2.45, 2.75) is 18.8 Å². The Morgan fingerprint density at radius 1 is 1.29 bits per heavy atom. The molecule has 2 N–H and O–H groups in total. The maximum atomic E-state index is 13.0. The predicted octanol–water partition coefficient (Wildman–Crippen LogP) is 1.32. The highest BCUT2D eigenvalue weighted by Gasteiger charge is 2.55. The van der Waals surface area contributed by atoms with E-state index in [-0.39, 0.29) is 18.2 Å². The fraction of sp³-hybridized carbons (Fsp3) is 0.267. The van der Waals surface area contributed by atoms with E-state index in [1.165, 1.54) is 0 Å². The van der Waals surface area contributed by atoms with Crippen LogP contribution in [0.4, 0.5) is 11.5 Å². The van der Waals surface area contributed by atoms with Gasteiger partial charge in [0.15, 0.2) is 0 Å². The average Bonchev–Trinajstić information content (AvgIpc) is 2.99. The minimum atomic E-state index is -0.958. The average molecular weight is 282 g/mol. The van der Waals surface area contributed by atoms with E-state index in [4.69, 9.17) is 0 Å². The molecule has 0 radical (unpaired) electrons. The van der Waals surface area contributed by atoms with Crippen LogP contribution >= 0.6 is 0 Å². The van der Waals surface area contributed by atoms with Gasteiger partial charge < -0.3 is 10.2 Å². The third-order valence-corrected chi connectivity index (χ3v) is 4.43. The smallest absolute Gasteiger partial charge is 0.242 e. The van der Waals surface area contributed by atoms with Crippen LogP contribution in [-0.4, -0.2) is 29.1 Å². The van der Waals surface area contributed by atoms with Gasteiger partial charge in [0, 0.05) is 24.7 Å². The lowest BCUT2D eigenvalue weighted by atomic mass is 9.71. The molecule has 0 fully saturated rings. The number of rotatable bonds is 0. The summed E-state index contributed by atoms with van der Waals surface area (Å²) < 4.78 is 0. The fourth-order valence-corrected chi connectivity index (χ4v) is 3.45. The maximum absolute atomic E-state index is 13.0. The first kappa shape index (κ1) is 12.1. The van der Waals surface area contributed by atoms with Crippen molar-refractivity contribution in [1.29, 1.82) is 0 Å². The summed E-state index contributed by atoms with van der Waals surface area (Å²) >= 11 is 0. The standard InChI is InChI=1S/C15H14N4O2/c1-8-3-4-11-9(5-8)15(14(21)19(11)2)6-12(20)17-13-10(15)7-16-18-13/h3-5,7H,6H2,1-2H3,(H2,16,17,18,20). The van der Waals surface area contributed by atoms with Crippen LogP contribution in [0.3, 0.4) is 0 Å². The van der Waals surface area contributed by atoms with Crippen molar-refractivity contribution in [3.8, 4) is 0 Å². The van der Waals surface area contributed by atoms with Gasteiger partial charge in [0.05, 0.1) is 6.20 Å². The van der Waals surface area contributed by atoms with Gasteiger partial charge in [-0.1, -0.05) is 17.7 Å². The van der Waals surface area contributed by atoms with E-state index in [2.05, 4.69) is 15.5 Å². The number of H-pyrrole nitrogens is 1. The lowest BCUT2D eigenvalue weighted by Gasteiger charge is -2.31. The summed E-state index contributed by atoms with van der Waals surface area (Å²) in [4.78, 5) is 26.7. The number of anilines is 2. The quantitative estimate of drug-likeness (QED) is 0.765. The number of likely N-dealkylation sites (N-methyl/N-ethyl adjacent to an activating group) is 1. The lowest BCUT2D eigenvalue weighted by molar-refractivity contribution is -0.126. The maximum Gasteiger partial charge on any atom is 0.242 e. The van der Waals surface area contributed by atoms with Crippen LogP contribution in [0, 0.1) is 6.92 Å². The minimum absolute atomic E-state index is 0.0828. The van der Waals surface area contributed by atoms with Gasteiger partial charge in [-0.25, -0.2) is 0 Å². The topological polar surface area (TPSA) is 78.1 Å². The van der Waals surface area contributed by atoms with Crippen molar-refractivity contribution < 1.29 is 9.59 Å². The number of carbonyl (C=O) groups is 2. The molecule has 1 aromatic carbocycles. The number of nitrogens with zero attached hydrogens (tertiary/aromatic N) is 2. The molecule has 4 rings (SSSR count). The van der Waals surface area contributed by atoms with Gasteiger partial charge in [0.25, 0.3) is 0 Å². The predicted molar refractivity (Wildman–Crippen MR) is 77.2 cm³/mol. The van der Waals surface area contributed by atoms with Gasteiger partial charge in [-0.3, -0.25) is 14.7 Å². The SMILES string of the molecule is Cc1ccc2c(c1)C1(CC(=O)Nc3[nH]ncc31)C(=O)N2C. The molecule has 106 valence electrons. The Bertz CT molecular complexity index is 795. The van der Waals surface area contributed by atoms with Crippen LogP contribution in [0.15, 0.2) is 24.4 Å². The fourth-order valence-electron chi connectivity index (χ4n) is 3.45. The molecule has 21 heavy (non-hydrogen) atoms. The molecule has 2 amide bonds. The minimum Gasteiger partial charge on any atom is -0.314 e. The van der Waals surface area contributed by atoms with Crippen LogP contribution in [0.2, 0.25) is 0 Å². The zero-order chi connectivity index (χ0) is 14.8. The van der Waals surface area contributed by atoms with Crippen molar-refractivity contribution in [2.24, 2.45) is 0 Å². The highest BCUT2D eigenvalue weighted by atomic mass is 16.2. The number of hydrogen-bond acceptors (Lipinski definition) is 3. The molecule has 0 saturated carbocycles. The lowest BCUT2D eigenvalue weighted by Crippen LogP contribution is -2.45. The van der Waals surface area contributed by atoms with E-state index in [0.717, 1.165) is 22.4 Å². The van der Waals surface area contributed by atoms with E-state index in [0.29, 0.717) is 5.82 Å². The molecule has 2 aliphatic rings. The third kappa shape index (κ3) is 1.34. The molecule has 0 saturated heterocycles. The summed E-state index contributed by atoms with van der Waals surface area (Å²) in [5, 5.41) is 9.51. The summed E-state index contributed by atoms with van der Waals surface area (Å²) in [5.41, 5.74) is 2.58. The molecule has 1 aromatic heterocycles. The molecule has 1 atom stereocenters. The van der Waals surface area contributed by atoms with Crippen molar-refractivity contribution in [3.05, 3.63) is 41.1 Å². The molecule has 3 heterocycles. The number of aromatic amines is 1. The van der Waals surface area contributed by atoms with Crippen molar-refractivity contribution in [2.75, 3.05) is 17.3 Å². The number of aryl methyl sites for hydroxylation is 1. The molecular formula is C15H14N4O2. The van der Waals surface area contributed by atoms with E-state index < -0.39 is 5.41 Å². The number of carbonyl (C=O) groups excluding carboxylic acids is 2. The monoisotopic (exact) mass is 282 g/mol. The highest BCUT2D eigenvalue weighted by molar-refractivity contribution is 6.15. The molecular weight excluding hydrogens is 268 g/mol. The second kappa shape index (κ2) is 3.72. The molecule has 1 spiro atoms. The molecule has 6 nitrogen and oxygen atoms in total. The first-order valence-electron chi connectivity index (χ1n) is 6.77. The Morgan fingerprint density at radius 3 is 2.90 bits per heavy atom. The Hall–Kier alpha value is -2.63. The summed E-state index contributed by atoms with van der Waals surface area (Å²) in [5.74, 6) is 0.255. The van der Waals surface area contributed by atoms with Crippen LogP contribution < -0.4 is 10.2 Å². The van der Waals surface area contributed by atoms with Crippen molar-refractivity contribution >= 4 is 23.3 Å². The summed E-state index contributed by atoms with van der Waals surface area (Å²) in [6, 6.07) is 5.90. The van der Waals surface area contributed by atoms with Crippen LogP contribution in [0.1, 0.15) is 23.1 Å². The summed E-state index contributed by atoms with van der Waals surface area (Å²) in [6.07, 6.45) is 1.75. The van der Waals surface area contributed by atoms with Crippen molar-refractivity contribution in [1.82, 2.24) is 10.2 Å². The van der Waals surface area contributed by atoms with E-state index >= 15 is 0 Å². The van der Waals surface area contributed by atoms with E-state index in [1.54, 1.807) is 18.1 Å². The third-order valence-electron chi connectivity index (χ3n) is 4.43. The number of nitrogens with one attached hydrogen (secondary N) is 2. The van der Waals surface area contributed by atoms with Gasteiger partial charge in [0.1, 0.15) is 11.2 Å². The molecule has 6 heteroatoms. The normalized spacial score (nSPS) is 23.2. The first-order valence-corrected chi connectivity index (χ1v) is 6.77. The highest BCUT2D eigenvalue weighted by Crippen LogP contribution is 2.51. The molecule has 1 unspecified atom stereocenters. The largest absolute Gasteiger partial charge is 0.314 e. The number of benzene rings is 1. The number of hydrogen-bond donors (Lipinski definition) is 2. The molecule has 2 aromatic rings. The zero-order valence-corrected chi connectivity index (χ0v) is 11.7. The Labute approximate surface area is 121 Å². The summed E-state index contributed by atoms with van der Waals surface area (Å²) in [7, 11) is 1.75. The second-order valence-corrected chi connectivity index (χ2v) is 5.67. The molecule has 2 aliphatic heterocycles. The van der Waals surface area contributed by atoms with E-state index in [9.17, 15) is 9.59 Å². The zero-order valence-electron chi connectivity index (χ0n) is 11.7. The van der Waals surface area contributed by atoms with Gasteiger partial charge in [0.2, 0.25) is 11.8 Å². The van der Waals surface area contributed by atoms with E-state index in [1.807, 2.05) is 25.1 Å². The molecule has 0 bridgehead atoms. The first-order chi connectivity index (χ1) is 10.0. The van der Waals surface area contributed by atoms with Crippen molar-refractivity contribution in [3.63, 3.8) is 0 Å². The number of aromatic nitrogens is 2. The second-order valence-electron chi connectivity index (χ2n) is 5.67. The number of amides is 2. The Kier molecular flexibility index (Phi) is 2.15. The van der Waals surface area contributed by atoms with Crippen LogP contribution in [0.25, 0.3) is 0 Å². The number of fused-ring (bicyclic) bond motifs is 4. The van der Waals surface area contributed by atoms with Crippen LogP contribution in [-0.2, 0) is 15.0 Å². The molecule has 0 aliphatic carbocycles. The van der Waals surface area contributed by atoms with Gasteiger partial charge in [-0.15, -0.1) is 0 Å². The van der Waals surface area contributed by atoms with Gasteiger partial charge in [-0.2, -0.15) is 5.10 Å². The Balaban J connectivity index is 2.08. The summed E-state index contributed by atoms with van der Waals surface area (Å²) in [6.45, 7) is 1.98. The van der Waals surface area contributed by atoms with Gasteiger partial charge >= 0.3 is 0 Å². The Morgan fingerprint density at radius 2 is 2.10 bits per heavy atom.